The first-order chi connectivity index (χ1) is 16.1. The summed E-state index contributed by atoms with van der Waals surface area (Å²) >= 11 is 1.49. The second kappa shape index (κ2) is 7.86. The highest BCUT2D eigenvalue weighted by Crippen LogP contribution is 2.39. The summed E-state index contributed by atoms with van der Waals surface area (Å²) in [7, 11) is 1.93. The summed E-state index contributed by atoms with van der Waals surface area (Å²) in [6, 6.07) is 12.5. The number of fused-ring (bicyclic) bond motifs is 4. The molecule has 4 N–H and O–H groups in total. The Hall–Kier alpha value is -3.43. The lowest BCUT2D eigenvalue weighted by Crippen LogP contribution is -2.30. The Morgan fingerprint density at radius 3 is 2.88 bits per heavy atom. The van der Waals surface area contributed by atoms with Gasteiger partial charge in [0.05, 0.1) is 27.6 Å². The number of aromatic amines is 1. The van der Waals surface area contributed by atoms with E-state index in [0.717, 1.165) is 62.3 Å². The lowest BCUT2D eigenvalue weighted by atomic mass is 10.1. The second-order valence-electron chi connectivity index (χ2n) is 8.47. The van der Waals surface area contributed by atoms with Gasteiger partial charge >= 0.3 is 0 Å². The molecule has 2 atom stereocenters. The fourth-order valence-electron chi connectivity index (χ4n) is 4.71. The van der Waals surface area contributed by atoms with Crippen LogP contribution < -0.4 is 16.0 Å². The van der Waals surface area contributed by atoms with Gasteiger partial charge in [0.2, 0.25) is 0 Å². The molecule has 4 aromatic heterocycles. The van der Waals surface area contributed by atoms with Crippen LogP contribution in [0.3, 0.4) is 0 Å². The zero-order valence-corrected chi connectivity index (χ0v) is 19.2. The van der Waals surface area contributed by atoms with Crippen molar-refractivity contribution >= 4 is 56.2 Å². The first kappa shape index (κ1) is 20.2. The number of aromatic nitrogens is 5. The van der Waals surface area contributed by atoms with Crippen molar-refractivity contribution in [3.8, 4) is 0 Å². The average molecular weight is 457 g/mol. The molecule has 0 radical (unpaired) electrons. The molecule has 1 aromatic carbocycles. The van der Waals surface area contributed by atoms with E-state index in [-0.39, 0.29) is 6.04 Å². The highest BCUT2D eigenvalue weighted by atomic mass is 32.2. The molecule has 6 rings (SSSR count). The number of nitrogens with zero attached hydrogens (tertiary/aromatic N) is 5. The summed E-state index contributed by atoms with van der Waals surface area (Å²) in [5, 5.41) is 6.08. The standard InChI is InChI=1S/C24H24N8S/c1-13-9-14(25)12-32(13)23-20-16-5-3-6-18(26-2)21(16)29-22(20)30-24(31-23)33-15-10-19-17(28-11-15)7-4-8-27-19/h3-8,10-11,13-14,26H,9,12,25H2,1-2H3,(H,29,30,31)/t13-,14+/m1/s1. The van der Waals surface area contributed by atoms with Crippen LogP contribution in [-0.2, 0) is 0 Å². The number of H-pyrrole nitrogens is 1. The molecule has 0 bridgehead atoms. The lowest BCUT2D eigenvalue weighted by molar-refractivity contribution is 0.688. The molecule has 1 aliphatic heterocycles. The van der Waals surface area contributed by atoms with E-state index in [9.17, 15) is 0 Å². The van der Waals surface area contributed by atoms with Gasteiger partial charge in [-0.2, -0.15) is 0 Å². The third-order valence-corrected chi connectivity index (χ3v) is 7.05. The number of anilines is 2. The predicted molar refractivity (Wildman–Crippen MR) is 134 cm³/mol. The summed E-state index contributed by atoms with van der Waals surface area (Å²) < 4.78 is 0. The minimum atomic E-state index is 0.134. The van der Waals surface area contributed by atoms with Crippen LogP contribution in [0.4, 0.5) is 11.5 Å². The second-order valence-corrected chi connectivity index (χ2v) is 9.51. The molecule has 0 unspecified atom stereocenters. The van der Waals surface area contributed by atoms with Crippen molar-refractivity contribution in [1.29, 1.82) is 0 Å². The van der Waals surface area contributed by atoms with E-state index in [1.165, 1.54) is 11.8 Å². The van der Waals surface area contributed by atoms with Crippen molar-refractivity contribution in [3.05, 3.63) is 48.8 Å². The van der Waals surface area contributed by atoms with Crippen molar-refractivity contribution in [2.75, 3.05) is 23.8 Å². The maximum absolute atomic E-state index is 6.32. The molecule has 1 aliphatic rings. The predicted octanol–water partition coefficient (Wildman–Crippen LogP) is 4.17. The van der Waals surface area contributed by atoms with Gasteiger partial charge in [-0.05, 0) is 49.4 Å². The SMILES string of the molecule is CNc1cccc2c1[nH]c1nc(Sc3cnc4cccnc4c3)nc(N3C[C@@H](N)C[C@H]3C)c12. The molecular weight excluding hydrogens is 432 g/mol. The summed E-state index contributed by atoms with van der Waals surface area (Å²) in [5.74, 6) is 0.925. The fourth-order valence-corrected chi connectivity index (χ4v) is 5.46. The van der Waals surface area contributed by atoms with Crippen LogP contribution in [0.25, 0.3) is 33.0 Å². The van der Waals surface area contributed by atoms with Crippen LogP contribution in [0.2, 0.25) is 0 Å². The minimum Gasteiger partial charge on any atom is -0.386 e. The van der Waals surface area contributed by atoms with Crippen molar-refractivity contribution in [2.45, 2.75) is 35.5 Å². The summed E-state index contributed by atoms with van der Waals surface area (Å²) in [5.41, 5.74) is 10.9. The molecule has 8 nitrogen and oxygen atoms in total. The van der Waals surface area contributed by atoms with Gasteiger partial charge < -0.3 is 20.9 Å². The van der Waals surface area contributed by atoms with E-state index in [1.54, 1.807) is 6.20 Å². The Morgan fingerprint density at radius 2 is 2.06 bits per heavy atom. The number of para-hydroxylation sites is 1. The number of benzene rings is 1. The molecule has 33 heavy (non-hydrogen) atoms. The largest absolute Gasteiger partial charge is 0.386 e. The van der Waals surface area contributed by atoms with Crippen LogP contribution in [-0.4, -0.2) is 50.6 Å². The van der Waals surface area contributed by atoms with E-state index in [2.05, 4.69) is 50.3 Å². The molecule has 1 saturated heterocycles. The molecule has 0 amide bonds. The molecule has 166 valence electrons. The average Bonchev–Trinajstić information content (AvgIpc) is 3.37. The third kappa shape index (κ3) is 3.44. The van der Waals surface area contributed by atoms with Gasteiger partial charge in [-0.3, -0.25) is 9.97 Å². The minimum absolute atomic E-state index is 0.134. The number of nitrogens with one attached hydrogen (secondary N) is 2. The van der Waals surface area contributed by atoms with E-state index in [4.69, 9.17) is 15.7 Å². The van der Waals surface area contributed by atoms with Crippen molar-refractivity contribution < 1.29 is 0 Å². The van der Waals surface area contributed by atoms with Gasteiger partial charge in [0, 0.05) is 48.4 Å². The van der Waals surface area contributed by atoms with Crippen LogP contribution in [0.5, 0.6) is 0 Å². The molecule has 5 aromatic rings. The van der Waals surface area contributed by atoms with Crippen molar-refractivity contribution in [1.82, 2.24) is 24.9 Å². The number of rotatable bonds is 4. The number of pyridine rings is 2. The normalized spacial score (nSPS) is 18.6. The van der Waals surface area contributed by atoms with Crippen LogP contribution in [0.1, 0.15) is 13.3 Å². The highest BCUT2D eigenvalue weighted by Gasteiger charge is 2.30. The zero-order valence-electron chi connectivity index (χ0n) is 18.4. The number of hydrogen-bond acceptors (Lipinski definition) is 8. The van der Waals surface area contributed by atoms with Gasteiger partial charge in [0.1, 0.15) is 11.5 Å². The summed E-state index contributed by atoms with van der Waals surface area (Å²) in [6.45, 7) is 2.98. The monoisotopic (exact) mass is 456 g/mol. The van der Waals surface area contributed by atoms with E-state index >= 15 is 0 Å². The van der Waals surface area contributed by atoms with Crippen molar-refractivity contribution in [2.24, 2.45) is 5.73 Å². The van der Waals surface area contributed by atoms with Gasteiger partial charge in [-0.1, -0.05) is 12.1 Å². The van der Waals surface area contributed by atoms with E-state index in [0.29, 0.717) is 11.2 Å². The number of nitrogens with two attached hydrogens (primary N) is 1. The van der Waals surface area contributed by atoms with Gasteiger partial charge in [-0.15, -0.1) is 0 Å². The topological polar surface area (TPSA) is 109 Å². The Kier molecular flexibility index (Phi) is 4.81. The van der Waals surface area contributed by atoms with E-state index in [1.807, 2.05) is 31.4 Å². The van der Waals surface area contributed by atoms with Crippen LogP contribution >= 0.6 is 11.8 Å². The molecule has 0 spiro atoms. The lowest BCUT2D eigenvalue weighted by Gasteiger charge is -2.23. The fraction of sp³-hybridized carbons (Fsp3) is 0.250. The smallest absolute Gasteiger partial charge is 0.196 e. The Labute approximate surface area is 195 Å². The number of hydrogen-bond donors (Lipinski definition) is 3. The first-order valence-corrected chi connectivity index (χ1v) is 11.8. The van der Waals surface area contributed by atoms with Crippen LogP contribution in [0, 0.1) is 0 Å². The molecule has 0 aliphatic carbocycles. The summed E-state index contributed by atoms with van der Waals surface area (Å²) in [4.78, 5) is 25.7. The quantitative estimate of drug-likeness (QED) is 0.346. The molecule has 5 heterocycles. The third-order valence-electron chi connectivity index (χ3n) is 6.23. The highest BCUT2D eigenvalue weighted by molar-refractivity contribution is 7.99. The molecule has 1 fully saturated rings. The summed E-state index contributed by atoms with van der Waals surface area (Å²) in [6.07, 6.45) is 4.57. The van der Waals surface area contributed by atoms with Gasteiger partial charge in [0.25, 0.3) is 0 Å². The Balaban J connectivity index is 1.53. The maximum atomic E-state index is 6.32. The first-order valence-electron chi connectivity index (χ1n) is 11.0. The van der Waals surface area contributed by atoms with Gasteiger partial charge in [0.15, 0.2) is 5.16 Å². The van der Waals surface area contributed by atoms with E-state index < -0.39 is 0 Å². The molecule has 0 saturated carbocycles. The van der Waals surface area contributed by atoms with Crippen LogP contribution in [0.15, 0.2) is 58.8 Å². The Bertz CT molecular complexity index is 1500. The van der Waals surface area contributed by atoms with Gasteiger partial charge in [-0.25, -0.2) is 9.97 Å². The maximum Gasteiger partial charge on any atom is 0.196 e. The zero-order chi connectivity index (χ0) is 22.5. The Morgan fingerprint density at radius 1 is 1.15 bits per heavy atom. The molecular formula is C24H24N8S. The molecule has 9 heteroatoms. The van der Waals surface area contributed by atoms with Crippen molar-refractivity contribution in [3.63, 3.8) is 0 Å².